The molecule has 0 bridgehead atoms. The molecule has 106 valence electrons. The maximum atomic E-state index is 5.94. The van der Waals surface area contributed by atoms with Gasteiger partial charge < -0.3 is 14.8 Å². The van der Waals surface area contributed by atoms with Gasteiger partial charge in [-0.1, -0.05) is 11.6 Å². The zero-order valence-corrected chi connectivity index (χ0v) is 12.6. The van der Waals surface area contributed by atoms with Crippen LogP contribution in [0.4, 0.5) is 11.5 Å². The Morgan fingerprint density at radius 3 is 2.10 bits per heavy atom. The Bertz CT molecular complexity index is 610. The molecule has 0 amide bonds. The van der Waals surface area contributed by atoms with Gasteiger partial charge in [0.15, 0.2) is 11.0 Å². The smallest absolute Gasteiger partial charge is 0.156 e. The summed E-state index contributed by atoms with van der Waals surface area (Å²) < 4.78 is 10.5. The molecule has 1 N–H and O–H groups in total. The van der Waals surface area contributed by atoms with Crippen molar-refractivity contribution in [1.82, 2.24) is 10.2 Å². The van der Waals surface area contributed by atoms with Crippen molar-refractivity contribution in [1.29, 1.82) is 0 Å². The second kappa shape index (κ2) is 5.96. The number of benzene rings is 1. The normalized spacial score (nSPS) is 10.2. The number of ether oxygens (including phenoxy) is 2. The zero-order valence-electron chi connectivity index (χ0n) is 11.8. The molecule has 20 heavy (non-hydrogen) atoms. The van der Waals surface area contributed by atoms with Crippen molar-refractivity contribution < 1.29 is 9.47 Å². The van der Waals surface area contributed by atoms with Gasteiger partial charge in [-0.15, -0.1) is 10.2 Å². The lowest BCUT2D eigenvalue weighted by molar-refractivity contribution is 0.395. The van der Waals surface area contributed by atoms with E-state index >= 15 is 0 Å². The van der Waals surface area contributed by atoms with Crippen LogP contribution in [0.1, 0.15) is 11.1 Å². The van der Waals surface area contributed by atoms with E-state index in [0.717, 1.165) is 16.8 Å². The number of anilines is 2. The molecule has 2 aromatic rings. The highest BCUT2D eigenvalue weighted by Crippen LogP contribution is 2.29. The molecular weight excluding hydrogens is 278 g/mol. The Hall–Kier alpha value is -2.01. The monoisotopic (exact) mass is 293 g/mol. The minimum Gasteiger partial charge on any atom is -0.497 e. The van der Waals surface area contributed by atoms with Gasteiger partial charge in [-0.3, -0.25) is 0 Å². The summed E-state index contributed by atoms with van der Waals surface area (Å²) in [5.41, 5.74) is 2.66. The van der Waals surface area contributed by atoms with Crippen molar-refractivity contribution in [3.05, 3.63) is 34.5 Å². The maximum Gasteiger partial charge on any atom is 0.156 e. The molecule has 0 unspecified atom stereocenters. The number of hydrogen-bond acceptors (Lipinski definition) is 5. The third kappa shape index (κ3) is 2.93. The number of methoxy groups -OCH3 is 2. The van der Waals surface area contributed by atoms with Crippen LogP contribution in [-0.4, -0.2) is 24.4 Å². The lowest BCUT2D eigenvalue weighted by atomic mass is 10.2. The quantitative estimate of drug-likeness (QED) is 0.935. The number of aromatic nitrogens is 2. The first-order valence-electron chi connectivity index (χ1n) is 6.04. The molecule has 0 aliphatic carbocycles. The summed E-state index contributed by atoms with van der Waals surface area (Å²) >= 11 is 5.94. The highest BCUT2D eigenvalue weighted by Gasteiger charge is 2.09. The molecule has 2 rings (SSSR count). The minimum atomic E-state index is 0.413. The summed E-state index contributed by atoms with van der Waals surface area (Å²) in [7, 11) is 3.21. The molecule has 0 saturated carbocycles. The molecule has 0 spiro atoms. The molecule has 0 aliphatic rings. The van der Waals surface area contributed by atoms with E-state index in [1.54, 1.807) is 20.3 Å². The van der Waals surface area contributed by atoms with Gasteiger partial charge >= 0.3 is 0 Å². The van der Waals surface area contributed by atoms with E-state index in [1.807, 2.05) is 26.0 Å². The molecule has 0 atom stereocenters. The second-order valence-corrected chi connectivity index (χ2v) is 4.67. The Balaban J connectivity index is 2.37. The SMILES string of the molecule is COc1cc(Nc2nnc(Cl)c(C)c2C)cc(OC)c1. The minimum absolute atomic E-state index is 0.413. The van der Waals surface area contributed by atoms with Gasteiger partial charge in [0.25, 0.3) is 0 Å². The molecule has 6 heteroatoms. The van der Waals surface area contributed by atoms with Crippen molar-refractivity contribution in [2.45, 2.75) is 13.8 Å². The molecule has 5 nitrogen and oxygen atoms in total. The van der Waals surface area contributed by atoms with E-state index in [4.69, 9.17) is 21.1 Å². The lowest BCUT2D eigenvalue weighted by Crippen LogP contribution is -2.02. The second-order valence-electron chi connectivity index (χ2n) is 4.32. The zero-order chi connectivity index (χ0) is 14.7. The fourth-order valence-electron chi connectivity index (χ4n) is 1.71. The average Bonchev–Trinajstić information content (AvgIpc) is 2.47. The standard InChI is InChI=1S/C14H16ClN3O2/c1-8-9(2)14(18-17-13(8)15)16-10-5-11(19-3)7-12(6-10)20-4/h5-7H,1-4H3,(H,16,18). The third-order valence-electron chi connectivity index (χ3n) is 3.08. The van der Waals surface area contributed by atoms with Crippen molar-refractivity contribution in [3.8, 4) is 11.5 Å². The van der Waals surface area contributed by atoms with Gasteiger partial charge in [0.1, 0.15) is 11.5 Å². The van der Waals surface area contributed by atoms with E-state index in [-0.39, 0.29) is 0 Å². The van der Waals surface area contributed by atoms with E-state index < -0.39 is 0 Å². The van der Waals surface area contributed by atoms with Crippen molar-refractivity contribution in [3.63, 3.8) is 0 Å². The Kier molecular flexibility index (Phi) is 4.29. The number of rotatable bonds is 4. The van der Waals surface area contributed by atoms with Crippen LogP contribution in [0.2, 0.25) is 5.15 Å². The largest absolute Gasteiger partial charge is 0.497 e. The van der Waals surface area contributed by atoms with Crippen LogP contribution in [0.25, 0.3) is 0 Å². The van der Waals surface area contributed by atoms with Crippen LogP contribution in [-0.2, 0) is 0 Å². The highest BCUT2D eigenvalue weighted by molar-refractivity contribution is 6.30. The summed E-state index contributed by atoms with van der Waals surface area (Å²) in [6.45, 7) is 3.85. The topological polar surface area (TPSA) is 56.3 Å². The van der Waals surface area contributed by atoms with Crippen LogP contribution < -0.4 is 14.8 Å². The van der Waals surface area contributed by atoms with Crippen molar-refractivity contribution in [2.24, 2.45) is 0 Å². The van der Waals surface area contributed by atoms with E-state index in [2.05, 4.69) is 15.5 Å². The number of halogens is 1. The van der Waals surface area contributed by atoms with Crippen LogP contribution in [0, 0.1) is 13.8 Å². The van der Waals surface area contributed by atoms with Gasteiger partial charge in [-0.05, 0) is 25.0 Å². The summed E-state index contributed by atoms with van der Waals surface area (Å²) in [5.74, 6) is 2.05. The molecule has 1 heterocycles. The summed E-state index contributed by atoms with van der Waals surface area (Å²) in [5, 5.41) is 11.6. The first kappa shape index (κ1) is 14.4. The summed E-state index contributed by atoms with van der Waals surface area (Å²) in [6, 6.07) is 5.51. The average molecular weight is 294 g/mol. The van der Waals surface area contributed by atoms with Gasteiger partial charge in [0.2, 0.25) is 0 Å². The summed E-state index contributed by atoms with van der Waals surface area (Å²) in [4.78, 5) is 0. The molecular formula is C14H16ClN3O2. The van der Waals surface area contributed by atoms with Crippen LogP contribution in [0.5, 0.6) is 11.5 Å². The number of hydrogen-bond donors (Lipinski definition) is 1. The van der Waals surface area contributed by atoms with Crippen LogP contribution in [0.3, 0.4) is 0 Å². The van der Waals surface area contributed by atoms with Crippen molar-refractivity contribution in [2.75, 3.05) is 19.5 Å². The molecule has 0 aliphatic heterocycles. The molecule has 1 aromatic carbocycles. The predicted molar refractivity (Wildman–Crippen MR) is 79.3 cm³/mol. The molecule has 1 aromatic heterocycles. The van der Waals surface area contributed by atoms with Gasteiger partial charge in [-0.25, -0.2) is 0 Å². The first-order valence-corrected chi connectivity index (χ1v) is 6.42. The Morgan fingerprint density at radius 2 is 1.55 bits per heavy atom. The van der Waals surface area contributed by atoms with Crippen LogP contribution >= 0.6 is 11.6 Å². The van der Waals surface area contributed by atoms with Gasteiger partial charge in [0.05, 0.1) is 14.2 Å². The van der Waals surface area contributed by atoms with Gasteiger partial charge in [0, 0.05) is 23.9 Å². The van der Waals surface area contributed by atoms with E-state index in [9.17, 15) is 0 Å². The lowest BCUT2D eigenvalue weighted by Gasteiger charge is -2.12. The van der Waals surface area contributed by atoms with E-state index in [0.29, 0.717) is 22.5 Å². The fourth-order valence-corrected chi connectivity index (χ4v) is 1.89. The Labute approximate surface area is 122 Å². The van der Waals surface area contributed by atoms with Crippen LogP contribution in [0.15, 0.2) is 18.2 Å². The highest BCUT2D eigenvalue weighted by atomic mass is 35.5. The molecule has 0 saturated heterocycles. The Morgan fingerprint density at radius 1 is 0.950 bits per heavy atom. The first-order chi connectivity index (χ1) is 9.55. The van der Waals surface area contributed by atoms with Crippen molar-refractivity contribution >= 4 is 23.1 Å². The maximum absolute atomic E-state index is 5.94. The number of nitrogens with zero attached hydrogens (tertiary/aromatic N) is 2. The number of nitrogens with one attached hydrogen (secondary N) is 1. The van der Waals surface area contributed by atoms with E-state index in [1.165, 1.54) is 0 Å². The predicted octanol–water partition coefficient (Wildman–Crippen LogP) is 3.51. The molecule has 0 fully saturated rings. The molecule has 0 radical (unpaired) electrons. The third-order valence-corrected chi connectivity index (χ3v) is 3.44. The van der Waals surface area contributed by atoms with Gasteiger partial charge in [-0.2, -0.15) is 0 Å². The fraction of sp³-hybridized carbons (Fsp3) is 0.286. The summed E-state index contributed by atoms with van der Waals surface area (Å²) in [6.07, 6.45) is 0.